The lowest BCUT2D eigenvalue weighted by Crippen LogP contribution is -2.17. The highest BCUT2D eigenvalue weighted by Crippen LogP contribution is 2.29. The number of halogens is 2. The molecular weight excluding hydrogens is 457 g/mol. The van der Waals surface area contributed by atoms with Crippen molar-refractivity contribution in [2.45, 2.75) is 6.61 Å². The van der Waals surface area contributed by atoms with E-state index < -0.39 is 10.8 Å². The highest BCUT2D eigenvalue weighted by molar-refractivity contribution is 6.35. The van der Waals surface area contributed by atoms with Crippen LogP contribution in [0.5, 0.6) is 11.5 Å². The lowest BCUT2D eigenvalue weighted by molar-refractivity contribution is -0.384. The van der Waals surface area contributed by atoms with Gasteiger partial charge in [0, 0.05) is 33.3 Å². The molecule has 3 aromatic carbocycles. The smallest absolute Gasteiger partial charge is 0.271 e. The maximum atomic E-state index is 12.1. The van der Waals surface area contributed by atoms with E-state index in [1.807, 2.05) is 0 Å². The van der Waals surface area contributed by atoms with Crippen LogP contribution in [0.3, 0.4) is 0 Å². The van der Waals surface area contributed by atoms with Gasteiger partial charge in [0.1, 0.15) is 6.61 Å². The molecule has 0 saturated carbocycles. The summed E-state index contributed by atoms with van der Waals surface area (Å²) in [6, 6.07) is 15.6. The number of non-ortho nitro benzene ring substituents is 1. The number of amides is 1. The summed E-state index contributed by atoms with van der Waals surface area (Å²) < 4.78 is 11.2. The molecule has 0 aliphatic rings. The van der Waals surface area contributed by atoms with Crippen molar-refractivity contribution in [3.8, 4) is 11.5 Å². The highest BCUT2D eigenvalue weighted by Gasteiger charge is 2.11. The normalized spacial score (nSPS) is 10.7. The van der Waals surface area contributed by atoms with E-state index in [0.29, 0.717) is 27.1 Å². The average Bonchev–Trinajstić information content (AvgIpc) is 2.79. The lowest BCUT2D eigenvalue weighted by Gasteiger charge is -2.12. The van der Waals surface area contributed by atoms with Crippen molar-refractivity contribution in [2.75, 3.05) is 7.11 Å². The van der Waals surface area contributed by atoms with Crippen LogP contribution in [0.4, 0.5) is 5.69 Å². The predicted molar refractivity (Wildman–Crippen MR) is 122 cm³/mol. The van der Waals surface area contributed by atoms with Crippen LogP contribution >= 0.6 is 23.2 Å². The third-order valence-electron chi connectivity index (χ3n) is 4.28. The number of hydrogen-bond acceptors (Lipinski definition) is 6. The second-order valence-corrected chi connectivity index (χ2v) is 7.28. The Bertz CT molecular complexity index is 1180. The van der Waals surface area contributed by atoms with E-state index >= 15 is 0 Å². The molecule has 1 N–H and O–H groups in total. The molecule has 0 bridgehead atoms. The number of nitrogens with zero attached hydrogens (tertiary/aromatic N) is 2. The van der Waals surface area contributed by atoms with Crippen LogP contribution in [0.15, 0.2) is 65.8 Å². The number of methoxy groups -OCH3 is 1. The first-order chi connectivity index (χ1) is 15.4. The summed E-state index contributed by atoms with van der Waals surface area (Å²) in [5.74, 6) is 0.386. The van der Waals surface area contributed by atoms with Crippen LogP contribution < -0.4 is 14.9 Å². The zero-order chi connectivity index (χ0) is 23.1. The minimum atomic E-state index is -0.573. The molecule has 10 heteroatoms. The van der Waals surface area contributed by atoms with Crippen molar-refractivity contribution in [2.24, 2.45) is 5.10 Å². The van der Waals surface area contributed by atoms with Crippen LogP contribution in [0.1, 0.15) is 21.5 Å². The largest absolute Gasteiger partial charge is 0.493 e. The molecule has 0 atom stereocenters. The predicted octanol–water partition coefficient (Wildman–Crippen LogP) is 5.25. The number of benzene rings is 3. The van der Waals surface area contributed by atoms with E-state index in [4.69, 9.17) is 32.7 Å². The van der Waals surface area contributed by atoms with Crippen LogP contribution in [0, 0.1) is 10.1 Å². The van der Waals surface area contributed by atoms with Gasteiger partial charge in [-0.05, 0) is 42.0 Å². The maximum absolute atomic E-state index is 12.1. The van der Waals surface area contributed by atoms with E-state index in [0.717, 1.165) is 5.56 Å². The second-order valence-electron chi connectivity index (χ2n) is 6.44. The Morgan fingerprint density at radius 3 is 2.66 bits per heavy atom. The summed E-state index contributed by atoms with van der Waals surface area (Å²) in [5.41, 5.74) is 3.69. The first kappa shape index (κ1) is 23.1. The number of rotatable bonds is 8. The molecule has 32 heavy (non-hydrogen) atoms. The number of nitrogens with one attached hydrogen (secondary N) is 1. The molecule has 0 heterocycles. The summed E-state index contributed by atoms with van der Waals surface area (Å²) in [5, 5.41) is 15.8. The van der Waals surface area contributed by atoms with Gasteiger partial charge in [-0.2, -0.15) is 5.10 Å². The fourth-order valence-electron chi connectivity index (χ4n) is 2.67. The summed E-state index contributed by atoms with van der Waals surface area (Å²) in [6.07, 6.45) is 1.41. The fourth-order valence-corrected chi connectivity index (χ4v) is 3.13. The Kier molecular flexibility index (Phi) is 7.64. The molecule has 0 unspecified atom stereocenters. The topological polar surface area (TPSA) is 103 Å². The minimum absolute atomic E-state index is 0.124. The molecule has 0 radical (unpaired) electrons. The van der Waals surface area contributed by atoms with E-state index in [1.54, 1.807) is 36.4 Å². The molecule has 8 nitrogen and oxygen atoms in total. The number of nitro groups is 1. The molecule has 3 rings (SSSR count). The monoisotopic (exact) mass is 473 g/mol. The summed E-state index contributed by atoms with van der Waals surface area (Å²) in [7, 11) is 1.50. The zero-order valence-electron chi connectivity index (χ0n) is 16.7. The molecule has 0 aliphatic heterocycles. The lowest BCUT2D eigenvalue weighted by atomic mass is 10.2. The molecule has 3 aromatic rings. The van der Waals surface area contributed by atoms with E-state index in [2.05, 4.69) is 10.5 Å². The van der Waals surface area contributed by atoms with Crippen LogP contribution in [0.25, 0.3) is 0 Å². The number of ether oxygens (including phenoxy) is 2. The van der Waals surface area contributed by atoms with Crippen LogP contribution in [-0.2, 0) is 6.61 Å². The van der Waals surface area contributed by atoms with Crippen molar-refractivity contribution in [1.82, 2.24) is 5.43 Å². The van der Waals surface area contributed by atoms with Gasteiger partial charge in [0.15, 0.2) is 11.5 Å². The number of carbonyl (C=O) groups excluding carboxylic acids is 1. The van der Waals surface area contributed by atoms with Gasteiger partial charge < -0.3 is 9.47 Å². The Morgan fingerprint density at radius 2 is 1.94 bits per heavy atom. The quantitative estimate of drug-likeness (QED) is 0.273. The Balaban J connectivity index is 1.65. The van der Waals surface area contributed by atoms with Gasteiger partial charge in [0.25, 0.3) is 11.6 Å². The molecule has 0 spiro atoms. The third kappa shape index (κ3) is 5.96. The molecule has 0 fully saturated rings. The van der Waals surface area contributed by atoms with Crippen molar-refractivity contribution in [3.05, 3.63) is 97.5 Å². The molecular formula is C22H17Cl2N3O5. The van der Waals surface area contributed by atoms with E-state index in [1.165, 1.54) is 37.6 Å². The van der Waals surface area contributed by atoms with Gasteiger partial charge in [-0.25, -0.2) is 5.43 Å². The summed E-state index contributed by atoms with van der Waals surface area (Å²) in [6.45, 7) is 0.221. The Labute approximate surface area is 193 Å². The standard InChI is InChI=1S/C22H17Cl2N3O5/c1-31-21-9-14(5-8-20(21)32-13-16-6-7-17(23)11-19(16)24)12-25-26-22(28)15-3-2-4-18(10-15)27(29)30/h2-12H,13H2,1H3,(H,26,28)/b25-12-. The fraction of sp³-hybridized carbons (Fsp3) is 0.0909. The van der Waals surface area contributed by atoms with Gasteiger partial charge in [-0.15, -0.1) is 0 Å². The second kappa shape index (κ2) is 10.6. The van der Waals surface area contributed by atoms with Crippen LogP contribution in [-0.4, -0.2) is 24.2 Å². The van der Waals surface area contributed by atoms with Crippen molar-refractivity contribution >= 4 is 41.0 Å². The van der Waals surface area contributed by atoms with E-state index in [9.17, 15) is 14.9 Å². The molecule has 164 valence electrons. The Morgan fingerprint density at radius 1 is 1.12 bits per heavy atom. The van der Waals surface area contributed by atoms with Gasteiger partial charge in [-0.3, -0.25) is 14.9 Å². The third-order valence-corrected chi connectivity index (χ3v) is 4.87. The number of hydrazone groups is 1. The average molecular weight is 474 g/mol. The molecule has 0 saturated heterocycles. The first-order valence-electron chi connectivity index (χ1n) is 9.20. The van der Waals surface area contributed by atoms with Crippen molar-refractivity contribution in [3.63, 3.8) is 0 Å². The van der Waals surface area contributed by atoms with Crippen molar-refractivity contribution in [1.29, 1.82) is 0 Å². The Hall–Kier alpha value is -3.62. The number of hydrogen-bond donors (Lipinski definition) is 1. The SMILES string of the molecule is COc1cc(/C=N\NC(=O)c2cccc([N+](=O)[O-])c2)ccc1OCc1ccc(Cl)cc1Cl. The summed E-state index contributed by atoms with van der Waals surface area (Å²) in [4.78, 5) is 22.4. The molecule has 1 amide bonds. The summed E-state index contributed by atoms with van der Waals surface area (Å²) >= 11 is 12.1. The molecule has 0 aliphatic carbocycles. The number of nitro benzene ring substituents is 1. The minimum Gasteiger partial charge on any atom is -0.493 e. The first-order valence-corrected chi connectivity index (χ1v) is 9.95. The maximum Gasteiger partial charge on any atom is 0.271 e. The highest BCUT2D eigenvalue weighted by atomic mass is 35.5. The van der Waals surface area contributed by atoms with Gasteiger partial charge in [0.05, 0.1) is 18.2 Å². The van der Waals surface area contributed by atoms with Gasteiger partial charge in [0.2, 0.25) is 0 Å². The van der Waals surface area contributed by atoms with Gasteiger partial charge >= 0.3 is 0 Å². The zero-order valence-corrected chi connectivity index (χ0v) is 18.3. The molecule has 0 aromatic heterocycles. The van der Waals surface area contributed by atoms with Gasteiger partial charge in [-0.1, -0.05) is 35.3 Å². The van der Waals surface area contributed by atoms with Crippen molar-refractivity contribution < 1.29 is 19.2 Å². The van der Waals surface area contributed by atoms with Crippen LogP contribution in [0.2, 0.25) is 10.0 Å². The number of carbonyl (C=O) groups is 1. The van der Waals surface area contributed by atoms with E-state index in [-0.39, 0.29) is 17.9 Å².